The van der Waals surface area contributed by atoms with Gasteiger partial charge >= 0.3 is 0 Å². The molecule has 2 heterocycles. The lowest BCUT2D eigenvalue weighted by molar-refractivity contribution is 0.181. The molecular weight excluding hydrogens is 322 g/mol. The van der Waals surface area contributed by atoms with Crippen LogP contribution in [0.3, 0.4) is 0 Å². The zero-order valence-electron chi connectivity index (χ0n) is 14.1. The van der Waals surface area contributed by atoms with Crippen LogP contribution in [0.4, 0.5) is 5.82 Å². The molecule has 126 valence electrons. The number of rotatable bonds is 7. The number of nitrogens with zero attached hydrogens (tertiary/aromatic N) is 4. The number of hydrogen-bond acceptors (Lipinski definition) is 6. The van der Waals surface area contributed by atoms with E-state index >= 15 is 0 Å². The molecule has 1 atom stereocenters. The molecule has 0 spiro atoms. The van der Waals surface area contributed by atoms with Crippen LogP contribution < -0.4 is 5.32 Å². The Morgan fingerprint density at radius 2 is 2.08 bits per heavy atom. The molecule has 1 unspecified atom stereocenters. The molecule has 0 aliphatic rings. The summed E-state index contributed by atoms with van der Waals surface area (Å²) in [7, 11) is 1.65. The molecule has 2 aromatic heterocycles. The normalized spacial score (nSPS) is 12.5. The molecule has 3 aromatic rings. The Kier molecular flexibility index (Phi) is 5.32. The van der Waals surface area contributed by atoms with Crippen molar-refractivity contribution >= 4 is 23.4 Å². The fourth-order valence-electron chi connectivity index (χ4n) is 2.51. The summed E-state index contributed by atoms with van der Waals surface area (Å²) in [4.78, 5) is 9.89. The third-order valence-corrected chi connectivity index (χ3v) is 4.55. The predicted octanol–water partition coefficient (Wildman–Crippen LogP) is 3.56. The molecule has 0 aliphatic heterocycles. The molecular formula is C17H21N5OS. The van der Waals surface area contributed by atoms with Crippen LogP contribution in [0.25, 0.3) is 5.78 Å². The van der Waals surface area contributed by atoms with Gasteiger partial charge in [-0.3, -0.25) is 0 Å². The van der Waals surface area contributed by atoms with E-state index in [9.17, 15) is 0 Å². The first kappa shape index (κ1) is 16.7. The smallest absolute Gasteiger partial charge is 0.254 e. The SMILES string of the molecule is CCSc1ccc(C(C)Nc2cc(COC)nc3ncnn23)cc1. The standard InChI is InChI=1S/C17H21N5OS/c1-4-24-15-7-5-13(6-8-15)12(2)20-16-9-14(10-23-3)21-17-18-11-19-22(16)17/h5-9,11-12,20H,4,10H2,1-3H3. The van der Waals surface area contributed by atoms with Gasteiger partial charge in [0, 0.05) is 24.1 Å². The van der Waals surface area contributed by atoms with Crippen LogP contribution in [-0.2, 0) is 11.3 Å². The Bertz CT molecular complexity index is 802. The maximum Gasteiger partial charge on any atom is 0.254 e. The minimum Gasteiger partial charge on any atom is -0.378 e. The maximum atomic E-state index is 5.18. The van der Waals surface area contributed by atoms with E-state index in [1.165, 1.54) is 16.8 Å². The number of anilines is 1. The molecule has 0 aliphatic carbocycles. The van der Waals surface area contributed by atoms with Gasteiger partial charge in [-0.25, -0.2) is 4.98 Å². The molecule has 3 rings (SSSR count). The van der Waals surface area contributed by atoms with Gasteiger partial charge in [0.1, 0.15) is 12.1 Å². The molecule has 1 N–H and O–H groups in total. The third kappa shape index (κ3) is 3.68. The highest BCUT2D eigenvalue weighted by atomic mass is 32.2. The Labute approximate surface area is 145 Å². The van der Waals surface area contributed by atoms with Crippen molar-refractivity contribution in [2.75, 3.05) is 18.2 Å². The zero-order chi connectivity index (χ0) is 16.9. The van der Waals surface area contributed by atoms with Crippen LogP contribution >= 0.6 is 11.8 Å². The summed E-state index contributed by atoms with van der Waals surface area (Å²) in [6.45, 7) is 4.73. The van der Waals surface area contributed by atoms with Gasteiger partial charge in [-0.15, -0.1) is 11.8 Å². The lowest BCUT2D eigenvalue weighted by Crippen LogP contribution is -2.12. The summed E-state index contributed by atoms with van der Waals surface area (Å²) in [6, 6.07) is 10.7. The van der Waals surface area contributed by atoms with Crippen LogP contribution in [0.15, 0.2) is 41.6 Å². The second-order valence-corrected chi connectivity index (χ2v) is 6.74. The van der Waals surface area contributed by atoms with Gasteiger partial charge in [0.25, 0.3) is 5.78 Å². The average Bonchev–Trinajstić information content (AvgIpc) is 3.05. The molecule has 7 heteroatoms. The van der Waals surface area contributed by atoms with Gasteiger partial charge in [-0.05, 0) is 30.4 Å². The van der Waals surface area contributed by atoms with Crippen LogP contribution in [0, 0.1) is 0 Å². The number of nitrogens with one attached hydrogen (secondary N) is 1. The van der Waals surface area contributed by atoms with E-state index < -0.39 is 0 Å². The first-order valence-corrected chi connectivity index (χ1v) is 8.87. The van der Waals surface area contributed by atoms with Gasteiger partial charge in [-0.2, -0.15) is 14.6 Å². The molecule has 0 bridgehead atoms. The molecule has 24 heavy (non-hydrogen) atoms. The Morgan fingerprint density at radius 1 is 1.29 bits per heavy atom. The Morgan fingerprint density at radius 3 is 2.79 bits per heavy atom. The lowest BCUT2D eigenvalue weighted by atomic mass is 10.1. The molecule has 0 amide bonds. The number of ether oxygens (including phenoxy) is 1. The van der Waals surface area contributed by atoms with Crippen molar-refractivity contribution in [2.45, 2.75) is 31.4 Å². The molecule has 0 fully saturated rings. The summed E-state index contributed by atoms with van der Waals surface area (Å²) in [5.41, 5.74) is 2.04. The summed E-state index contributed by atoms with van der Waals surface area (Å²) in [5, 5.41) is 7.74. The summed E-state index contributed by atoms with van der Waals surface area (Å²) >= 11 is 1.85. The lowest BCUT2D eigenvalue weighted by Gasteiger charge is -2.17. The summed E-state index contributed by atoms with van der Waals surface area (Å²) < 4.78 is 6.89. The van der Waals surface area contributed by atoms with Gasteiger partial charge in [-0.1, -0.05) is 19.1 Å². The zero-order valence-corrected chi connectivity index (χ0v) is 14.9. The molecule has 0 saturated carbocycles. The van der Waals surface area contributed by atoms with Crippen molar-refractivity contribution in [3.05, 3.63) is 47.9 Å². The third-order valence-electron chi connectivity index (χ3n) is 3.65. The molecule has 1 aromatic carbocycles. The topological polar surface area (TPSA) is 64.3 Å². The fourth-order valence-corrected chi connectivity index (χ4v) is 3.17. The van der Waals surface area contributed by atoms with Crippen LogP contribution in [0.5, 0.6) is 0 Å². The van der Waals surface area contributed by atoms with E-state index in [-0.39, 0.29) is 6.04 Å². The van der Waals surface area contributed by atoms with Crippen LogP contribution in [0.1, 0.15) is 31.1 Å². The van der Waals surface area contributed by atoms with Crippen LogP contribution in [0.2, 0.25) is 0 Å². The van der Waals surface area contributed by atoms with E-state index in [2.05, 4.69) is 58.5 Å². The molecule has 6 nitrogen and oxygen atoms in total. The van der Waals surface area contributed by atoms with Crippen molar-refractivity contribution in [3.63, 3.8) is 0 Å². The predicted molar refractivity (Wildman–Crippen MR) is 96.4 cm³/mol. The summed E-state index contributed by atoms with van der Waals surface area (Å²) in [6.07, 6.45) is 1.51. The number of fused-ring (bicyclic) bond motifs is 1. The number of hydrogen-bond donors (Lipinski definition) is 1. The molecule has 0 radical (unpaired) electrons. The monoisotopic (exact) mass is 343 g/mol. The van der Waals surface area contributed by atoms with E-state index in [0.717, 1.165) is 17.3 Å². The van der Waals surface area contributed by atoms with E-state index in [1.807, 2.05) is 17.8 Å². The van der Waals surface area contributed by atoms with Crippen molar-refractivity contribution < 1.29 is 4.74 Å². The highest BCUT2D eigenvalue weighted by molar-refractivity contribution is 7.99. The van der Waals surface area contributed by atoms with Crippen molar-refractivity contribution in [1.82, 2.24) is 19.6 Å². The highest BCUT2D eigenvalue weighted by Crippen LogP contribution is 2.23. The average molecular weight is 343 g/mol. The maximum absolute atomic E-state index is 5.18. The first-order chi connectivity index (χ1) is 11.7. The Balaban J connectivity index is 1.83. The number of aromatic nitrogens is 4. The van der Waals surface area contributed by atoms with Crippen LogP contribution in [-0.4, -0.2) is 32.4 Å². The van der Waals surface area contributed by atoms with Crippen molar-refractivity contribution in [2.24, 2.45) is 0 Å². The second-order valence-electron chi connectivity index (χ2n) is 5.41. The Hall–Kier alpha value is -2.12. The number of methoxy groups -OCH3 is 1. The van der Waals surface area contributed by atoms with E-state index in [0.29, 0.717) is 12.4 Å². The van der Waals surface area contributed by atoms with Crippen molar-refractivity contribution in [1.29, 1.82) is 0 Å². The van der Waals surface area contributed by atoms with Gasteiger partial charge in [0.15, 0.2) is 0 Å². The fraction of sp³-hybridized carbons (Fsp3) is 0.353. The number of thioether (sulfide) groups is 1. The summed E-state index contributed by atoms with van der Waals surface area (Å²) in [5.74, 6) is 2.49. The quantitative estimate of drug-likeness (QED) is 0.662. The minimum atomic E-state index is 0.135. The number of benzene rings is 1. The largest absolute Gasteiger partial charge is 0.378 e. The molecule has 0 saturated heterocycles. The highest BCUT2D eigenvalue weighted by Gasteiger charge is 2.11. The van der Waals surface area contributed by atoms with Gasteiger partial charge in [0.05, 0.1) is 12.3 Å². The first-order valence-electron chi connectivity index (χ1n) is 7.89. The van der Waals surface area contributed by atoms with E-state index in [1.54, 1.807) is 11.6 Å². The van der Waals surface area contributed by atoms with Crippen molar-refractivity contribution in [3.8, 4) is 0 Å². The second kappa shape index (κ2) is 7.63. The van der Waals surface area contributed by atoms with Gasteiger partial charge in [0.2, 0.25) is 0 Å². The van der Waals surface area contributed by atoms with Gasteiger partial charge < -0.3 is 10.1 Å². The minimum absolute atomic E-state index is 0.135. The van der Waals surface area contributed by atoms with E-state index in [4.69, 9.17) is 4.74 Å².